The second-order valence-electron chi connectivity index (χ2n) is 4.69. The number of rotatable bonds is 2. The number of H-pyrrole nitrogens is 1. The Kier molecular flexibility index (Phi) is 2.06. The number of hydrogen-bond acceptors (Lipinski definition) is 2. The van der Waals surface area contributed by atoms with Gasteiger partial charge in [-0.25, -0.2) is 4.98 Å². The molecule has 0 unspecified atom stereocenters. The van der Waals surface area contributed by atoms with Crippen molar-refractivity contribution in [2.75, 3.05) is 0 Å². The largest absolute Gasteiger partial charge is 0.262 e. The number of hydrogen-bond donors (Lipinski definition) is 1. The molecule has 3 heteroatoms. The summed E-state index contributed by atoms with van der Waals surface area (Å²) in [4.78, 5) is 4.56. The highest BCUT2D eigenvalue weighted by Crippen LogP contribution is 2.38. The summed E-state index contributed by atoms with van der Waals surface area (Å²) in [6.07, 6.45) is 2.50. The fourth-order valence-electron chi connectivity index (χ4n) is 2.05. The first-order chi connectivity index (χ1) is 7.72. The van der Waals surface area contributed by atoms with Crippen LogP contribution in [-0.4, -0.2) is 15.2 Å². The summed E-state index contributed by atoms with van der Waals surface area (Å²) >= 11 is 0. The van der Waals surface area contributed by atoms with E-state index in [9.17, 15) is 0 Å². The molecule has 1 heterocycles. The molecule has 0 spiro atoms. The minimum atomic E-state index is 0.632. The van der Waals surface area contributed by atoms with Crippen molar-refractivity contribution in [3.63, 3.8) is 0 Å². The van der Waals surface area contributed by atoms with Crippen molar-refractivity contribution in [1.82, 2.24) is 15.2 Å². The van der Waals surface area contributed by atoms with Crippen LogP contribution in [0.1, 0.15) is 35.7 Å². The van der Waals surface area contributed by atoms with Crippen molar-refractivity contribution in [3.8, 4) is 11.4 Å². The van der Waals surface area contributed by atoms with E-state index in [1.165, 1.54) is 24.0 Å². The molecular weight excluding hydrogens is 198 g/mol. The smallest absolute Gasteiger partial charge is 0.181 e. The Bertz CT molecular complexity index is 503. The lowest BCUT2D eigenvalue weighted by atomic mass is 10.1. The van der Waals surface area contributed by atoms with Gasteiger partial charge in [0.15, 0.2) is 5.82 Å². The van der Waals surface area contributed by atoms with Gasteiger partial charge in [-0.05, 0) is 38.8 Å². The van der Waals surface area contributed by atoms with E-state index in [2.05, 4.69) is 47.2 Å². The first kappa shape index (κ1) is 9.58. The van der Waals surface area contributed by atoms with E-state index in [0.717, 1.165) is 17.2 Å². The van der Waals surface area contributed by atoms with Gasteiger partial charge < -0.3 is 0 Å². The van der Waals surface area contributed by atoms with Gasteiger partial charge in [-0.2, -0.15) is 5.10 Å². The van der Waals surface area contributed by atoms with Gasteiger partial charge in [0.1, 0.15) is 5.82 Å². The van der Waals surface area contributed by atoms with Crippen molar-refractivity contribution in [3.05, 3.63) is 35.2 Å². The first-order valence-electron chi connectivity index (χ1n) is 5.73. The third kappa shape index (κ3) is 1.73. The fourth-order valence-corrected chi connectivity index (χ4v) is 2.05. The second-order valence-corrected chi connectivity index (χ2v) is 4.69. The van der Waals surface area contributed by atoms with Gasteiger partial charge in [0.2, 0.25) is 0 Å². The molecule has 0 atom stereocenters. The van der Waals surface area contributed by atoms with Crippen molar-refractivity contribution >= 4 is 0 Å². The molecule has 0 amide bonds. The van der Waals surface area contributed by atoms with Crippen LogP contribution >= 0.6 is 0 Å². The van der Waals surface area contributed by atoms with Crippen LogP contribution < -0.4 is 0 Å². The summed E-state index contributed by atoms with van der Waals surface area (Å²) in [5, 5.41) is 7.34. The van der Waals surface area contributed by atoms with Crippen molar-refractivity contribution in [2.45, 2.75) is 32.6 Å². The molecule has 82 valence electrons. The third-order valence-corrected chi connectivity index (χ3v) is 2.95. The molecule has 1 aromatic heterocycles. The van der Waals surface area contributed by atoms with Gasteiger partial charge in [-0.1, -0.05) is 17.2 Å². The maximum Gasteiger partial charge on any atom is 0.181 e. The van der Waals surface area contributed by atoms with Gasteiger partial charge in [0, 0.05) is 11.5 Å². The predicted molar refractivity (Wildman–Crippen MR) is 63.3 cm³/mol. The van der Waals surface area contributed by atoms with Crippen LogP contribution in [0, 0.1) is 13.8 Å². The lowest BCUT2D eigenvalue weighted by Crippen LogP contribution is -1.85. The van der Waals surface area contributed by atoms with Gasteiger partial charge in [-0.15, -0.1) is 0 Å². The topological polar surface area (TPSA) is 41.6 Å². The lowest BCUT2D eigenvalue weighted by Gasteiger charge is -2.00. The zero-order valence-corrected chi connectivity index (χ0v) is 9.62. The molecule has 1 aliphatic carbocycles. The molecule has 0 saturated heterocycles. The van der Waals surface area contributed by atoms with Crippen molar-refractivity contribution in [2.24, 2.45) is 0 Å². The third-order valence-electron chi connectivity index (χ3n) is 2.95. The van der Waals surface area contributed by atoms with Crippen LogP contribution in [0.2, 0.25) is 0 Å². The molecule has 16 heavy (non-hydrogen) atoms. The zero-order valence-electron chi connectivity index (χ0n) is 9.62. The Morgan fingerprint density at radius 2 is 1.81 bits per heavy atom. The van der Waals surface area contributed by atoms with Gasteiger partial charge >= 0.3 is 0 Å². The predicted octanol–water partition coefficient (Wildman–Crippen LogP) is 2.97. The average molecular weight is 213 g/mol. The van der Waals surface area contributed by atoms with Crippen LogP contribution in [0.15, 0.2) is 18.2 Å². The molecular formula is C13H15N3. The maximum atomic E-state index is 4.56. The Morgan fingerprint density at radius 1 is 1.12 bits per heavy atom. The van der Waals surface area contributed by atoms with Crippen LogP contribution in [0.4, 0.5) is 0 Å². The highest BCUT2D eigenvalue weighted by molar-refractivity contribution is 5.57. The highest BCUT2D eigenvalue weighted by atomic mass is 15.2. The number of aromatic amines is 1. The van der Waals surface area contributed by atoms with Crippen LogP contribution in [0.5, 0.6) is 0 Å². The van der Waals surface area contributed by atoms with E-state index in [1.807, 2.05) is 0 Å². The molecule has 1 aromatic carbocycles. The Morgan fingerprint density at radius 3 is 2.44 bits per heavy atom. The fraction of sp³-hybridized carbons (Fsp3) is 0.385. The molecule has 2 aromatic rings. The SMILES string of the molecule is Cc1cc(C)cc(-c2n[nH]c(C3CC3)n2)c1. The molecule has 1 N–H and O–H groups in total. The normalized spacial score (nSPS) is 15.4. The summed E-state index contributed by atoms with van der Waals surface area (Å²) in [6.45, 7) is 4.20. The number of nitrogens with zero attached hydrogens (tertiary/aromatic N) is 2. The van der Waals surface area contributed by atoms with Crippen molar-refractivity contribution in [1.29, 1.82) is 0 Å². The van der Waals surface area contributed by atoms with Crippen LogP contribution in [0.25, 0.3) is 11.4 Å². The summed E-state index contributed by atoms with van der Waals surface area (Å²) in [7, 11) is 0. The van der Waals surface area contributed by atoms with E-state index < -0.39 is 0 Å². The molecule has 3 rings (SSSR count). The summed E-state index contributed by atoms with van der Waals surface area (Å²) in [5.41, 5.74) is 3.63. The van der Waals surface area contributed by atoms with Gasteiger partial charge in [-0.3, -0.25) is 5.10 Å². The molecule has 1 saturated carbocycles. The van der Waals surface area contributed by atoms with E-state index in [0.29, 0.717) is 5.92 Å². The quantitative estimate of drug-likeness (QED) is 0.833. The van der Waals surface area contributed by atoms with E-state index in [1.54, 1.807) is 0 Å². The average Bonchev–Trinajstić information content (AvgIpc) is 2.95. The molecule has 1 aliphatic rings. The summed E-state index contributed by atoms with van der Waals surface area (Å²) in [5.74, 6) is 2.51. The Labute approximate surface area is 94.9 Å². The standard InChI is InChI=1S/C13H15N3/c1-8-5-9(2)7-11(6-8)13-14-12(15-16-13)10-3-4-10/h5-7,10H,3-4H2,1-2H3,(H,14,15,16). The minimum absolute atomic E-state index is 0.632. The lowest BCUT2D eigenvalue weighted by molar-refractivity contribution is 0.935. The number of benzene rings is 1. The molecule has 0 bridgehead atoms. The zero-order chi connectivity index (χ0) is 11.1. The molecule has 0 aliphatic heterocycles. The number of nitrogens with one attached hydrogen (secondary N) is 1. The monoisotopic (exact) mass is 213 g/mol. The molecule has 0 radical (unpaired) electrons. The summed E-state index contributed by atoms with van der Waals surface area (Å²) < 4.78 is 0. The van der Waals surface area contributed by atoms with E-state index >= 15 is 0 Å². The molecule has 3 nitrogen and oxygen atoms in total. The van der Waals surface area contributed by atoms with Crippen molar-refractivity contribution < 1.29 is 0 Å². The summed E-state index contributed by atoms with van der Waals surface area (Å²) in [6, 6.07) is 6.43. The van der Waals surface area contributed by atoms with Crippen LogP contribution in [-0.2, 0) is 0 Å². The highest BCUT2D eigenvalue weighted by Gasteiger charge is 2.27. The van der Waals surface area contributed by atoms with Gasteiger partial charge in [0.25, 0.3) is 0 Å². The Hall–Kier alpha value is -1.64. The number of aryl methyl sites for hydroxylation is 2. The van der Waals surface area contributed by atoms with E-state index in [4.69, 9.17) is 0 Å². The first-order valence-corrected chi connectivity index (χ1v) is 5.73. The van der Waals surface area contributed by atoms with Gasteiger partial charge in [0.05, 0.1) is 0 Å². The number of aromatic nitrogens is 3. The molecule has 1 fully saturated rings. The second kappa shape index (κ2) is 3.44. The van der Waals surface area contributed by atoms with Crippen LogP contribution in [0.3, 0.4) is 0 Å². The van der Waals surface area contributed by atoms with E-state index in [-0.39, 0.29) is 0 Å². The maximum absolute atomic E-state index is 4.56. The Balaban J connectivity index is 2.00. The minimum Gasteiger partial charge on any atom is -0.262 e.